The van der Waals surface area contributed by atoms with E-state index in [2.05, 4.69) is 21.8 Å². The molecule has 0 radical (unpaired) electrons. The highest BCUT2D eigenvalue weighted by Gasteiger charge is 2.29. The minimum Gasteiger partial charge on any atom is -0.378 e. The molecule has 2 N–H and O–H groups in total. The number of nitrogens with two attached hydrogens (primary N) is 1. The fourth-order valence-corrected chi connectivity index (χ4v) is 2.61. The van der Waals surface area contributed by atoms with Gasteiger partial charge in [-0.05, 0) is 19.4 Å². The molecular formula is C12H20N6O2. The van der Waals surface area contributed by atoms with Gasteiger partial charge in [-0.3, -0.25) is 10.1 Å². The summed E-state index contributed by atoms with van der Waals surface area (Å²) in [6.45, 7) is 5.18. The lowest BCUT2D eigenvalue weighted by Crippen LogP contribution is -2.43. The van der Waals surface area contributed by atoms with Crippen LogP contribution in [0.4, 0.5) is 17.3 Å². The maximum atomic E-state index is 11.1. The number of anilines is 2. The van der Waals surface area contributed by atoms with E-state index in [0.717, 1.165) is 32.5 Å². The van der Waals surface area contributed by atoms with E-state index in [0.29, 0.717) is 5.82 Å². The molecule has 20 heavy (non-hydrogen) atoms. The van der Waals surface area contributed by atoms with E-state index in [1.54, 1.807) is 0 Å². The number of nitro groups is 1. The van der Waals surface area contributed by atoms with Crippen molar-refractivity contribution in [1.29, 1.82) is 0 Å². The summed E-state index contributed by atoms with van der Waals surface area (Å²) in [5.41, 5.74) is 5.40. The molecule has 1 aliphatic rings. The molecule has 1 aliphatic heterocycles. The molecule has 0 bridgehead atoms. The van der Waals surface area contributed by atoms with Crippen LogP contribution in [-0.4, -0.2) is 52.5 Å². The number of hydrogen-bond acceptors (Lipinski definition) is 7. The van der Waals surface area contributed by atoms with Gasteiger partial charge in [0.1, 0.15) is 6.33 Å². The normalized spacial score (nSPS) is 17.1. The fourth-order valence-electron chi connectivity index (χ4n) is 2.61. The van der Waals surface area contributed by atoms with Crippen LogP contribution in [0.5, 0.6) is 0 Å². The van der Waals surface area contributed by atoms with Crippen molar-refractivity contribution in [2.45, 2.75) is 25.8 Å². The minimum absolute atomic E-state index is 0.0853. The summed E-state index contributed by atoms with van der Waals surface area (Å²) in [5.74, 6) is 0.218. The smallest absolute Gasteiger partial charge is 0.353 e. The van der Waals surface area contributed by atoms with E-state index in [1.165, 1.54) is 6.33 Å². The Bertz CT molecular complexity index is 487. The van der Waals surface area contributed by atoms with Crippen LogP contribution in [0.3, 0.4) is 0 Å². The maximum absolute atomic E-state index is 11.1. The van der Waals surface area contributed by atoms with Gasteiger partial charge in [-0.25, -0.2) is 9.97 Å². The van der Waals surface area contributed by atoms with E-state index >= 15 is 0 Å². The summed E-state index contributed by atoms with van der Waals surface area (Å²) in [6, 6.07) is 0.241. The summed E-state index contributed by atoms with van der Waals surface area (Å²) in [7, 11) is 1.83. The van der Waals surface area contributed by atoms with Crippen LogP contribution in [0, 0.1) is 10.1 Å². The van der Waals surface area contributed by atoms with Crippen LogP contribution >= 0.6 is 0 Å². The Morgan fingerprint density at radius 3 is 2.70 bits per heavy atom. The fraction of sp³-hybridized carbons (Fsp3) is 0.667. The molecule has 1 fully saturated rings. The first kappa shape index (κ1) is 14.4. The third-order valence-corrected chi connectivity index (χ3v) is 3.90. The molecule has 110 valence electrons. The largest absolute Gasteiger partial charge is 0.378 e. The zero-order valence-electron chi connectivity index (χ0n) is 11.8. The zero-order chi connectivity index (χ0) is 14.7. The van der Waals surface area contributed by atoms with Crippen LogP contribution in [0.2, 0.25) is 0 Å². The van der Waals surface area contributed by atoms with Crippen LogP contribution in [-0.2, 0) is 0 Å². The lowest BCUT2D eigenvalue weighted by molar-refractivity contribution is -0.383. The van der Waals surface area contributed by atoms with Crippen LogP contribution < -0.4 is 10.6 Å². The van der Waals surface area contributed by atoms with Crippen molar-refractivity contribution in [2.24, 2.45) is 0 Å². The van der Waals surface area contributed by atoms with Crippen molar-refractivity contribution in [3.63, 3.8) is 0 Å². The number of hydrogen-bond donors (Lipinski definition) is 1. The van der Waals surface area contributed by atoms with E-state index in [1.807, 2.05) is 11.9 Å². The average Bonchev–Trinajstić information content (AvgIpc) is 2.46. The van der Waals surface area contributed by atoms with Gasteiger partial charge in [0.2, 0.25) is 11.6 Å². The molecule has 0 aromatic carbocycles. The second-order valence-electron chi connectivity index (χ2n) is 4.96. The van der Waals surface area contributed by atoms with Crippen molar-refractivity contribution in [3.8, 4) is 0 Å². The number of likely N-dealkylation sites (tertiary alicyclic amines) is 1. The third-order valence-electron chi connectivity index (χ3n) is 3.90. The minimum atomic E-state index is -0.512. The molecule has 1 aromatic heterocycles. The predicted octanol–water partition coefficient (Wildman–Crippen LogP) is 0.887. The standard InChI is InChI=1S/C12H20N6O2/c1-3-17-6-4-9(5-7-17)16(2)12-10(18(19)20)11(13)14-8-15-12/h8-9H,3-7H2,1-2H3,(H2,13,14,15). The van der Waals surface area contributed by atoms with E-state index in [9.17, 15) is 10.1 Å². The Morgan fingerprint density at radius 2 is 2.15 bits per heavy atom. The molecule has 2 heterocycles. The van der Waals surface area contributed by atoms with Gasteiger partial charge in [-0.15, -0.1) is 0 Å². The third kappa shape index (κ3) is 2.79. The molecule has 0 saturated carbocycles. The Labute approximate surface area is 117 Å². The topological polar surface area (TPSA) is 101 Å². The average molecular weight is 280 g/mol. The summed E-state index contributed by atoms with van der Waals surface area (Å²) in [6.07, 6.45) is 3.20. The Balaban J connectivity index is 2.20. The first-order chi connectivity index (χ1) is 9.54. The van der Waals surface area contributed by atoms with Crippen molar-refractivity contribution in [1.82, 2.24) is 14.9 Å². The maximum Gasteiger partial charge on any atom is 0.353 e. The van der Waals surface area contributed by atoms with Gasteiger partial charge in [0, 0.05) is 26.2 Å². The molecule has 0 atom stereocenters. The van der Waals surface area contributed by atoms with E-state index in [4.69, 9.17) is 5.73 Å². The van der Waals surface area contributed by atoms with Gasteiger partial charge < -0.3 is 15.5 Å². The summed E-state index contributed by atoms with van der Waals surface area (Å²) in [4.78, 5) is 22.6. The molecular weight excluding hydrogens is 260 g/mol. The molecule has 0 unspecified atom stereocenters. The van der Waals surface area contributed by atoms with Gasteiger partial charge in [0.05, 0.1) is 4.92 Å². The molecule has 0 amide bonds. The number of nitrogen functional groups attached to an aromatic ring is 1. The highest BCUT2D eigenvalue weighted by molar-refractivity contribution is 5.68. The highest BCUT2D eigenvalue weighted by atomic mass is 16.6. The molecule has 1 saturated heterocycles. The quantitative estimate of drug-likeness (QED) is 0.645. The van der Waals surface area contributed by atoms with Crippen molar-refractivity contribution in [2.75, 3.05) is 37.3 Å². The van der Waals surface area contributed by atoms with Gasteiger partial charge >= 0.3 is 5.69 Å². The Kier molecular flexibility index (Phi) is 4.33. The lowest BCUT2D eigenvalue weighted by atomic mass is 10.0. The summed E-state index contributed by atoms with van der Waals surface area (Å²) >= 11 is 0. The van der Waals surface area contributed by atoms with Gasteiger partial charge in [0.15, 0.2) is 0 Å². The monoisotopic (exact) mass is 280 g/mol. The van der Waals surface area contributed by atoms with Gasteiger partial charge in [-0.1, -0.05) is 6.92 Å². The van der Waals surface area contributed by atoms with Gasteiger partial charge in [-0.2, -0.15) is 0 Å². The molecule has 2 rings (SSSR count). The lowest BCUT2D eigenvalue weighted by Gasteiger charge is -2.36. The van der Waals surface area contributed by atoms with Crippen molar-refractivity contribution < 1.29 is 4.92 Å². The zero-order valence-corrected chi connectivity index (χ0v) is 11.8. The molecule has 0 spiro atoms. The first-order valence-corrected chi connectivity index (χ1v) is 6.74. The van der Waals surface area contributed by atoms with Crippen LogP contribution in [0.15, 0.2) is 6.33 Å². The van der Waals surface area contributed by atoms with Crippen molar-refractivity contribution >= 4 is 17.3 Å². The number of aromatic nitrogens is 2. The van der Waals surface area contributed by atoms with Crippen LogP contribution in [0.1, 0.15) is 19.8 Å². The Morgan fingerprint density at radius 1 is 1.50 bits per heavy atom. The number of nitrogens with zero attached hydrogens (tertiary/aromatic N) is 5. The molecule has 0 aliphatic carbocycles. The summed E-state index contributed by atoms with van der Waals surface area (Å²) < 4.78 is 0. The molecule has 8 heteroatoms. The molecule has 1 aromatic rings. The molecule has 8 nitrogen and oxygen atoms in total. The second kappa shape index (κ2) is 6.00. The number of rotatable bonds is 4. The predicted molar refractivity (Wildman–Crippen MR) is 76.6 cm³/mol. The highest BCUT2D eigenvalue weighted by Crippen LogP contribution is 2.31. The second-order valence-corrected chi connectivity index (χ2v) is 4.96. The van der Waals surface area contributed by atoms with Crippen molar-refractivity contribution in [3.05, 3.63) is 16.4 Å². The van der Waals surface area contributed by atoms with E-state index < -0.39 is 4.92 Å². The SMILES string of the molecule is CCN1CCC(N(C)c2ncnc(N)c2[N+](=O)[O-])CC1. The van der Waals surface area contributed by atoms with Crippen LogP contribution in [0.25, 0.3) is 0 Å². The first-order valence-electron chi connectivity index (χ1n) is 6.74. The summed E-state index contributed by atoms with van der Waals surface area (Å²) in [5, 5.41) is 11.1. The van der Waals surface area contributed by atoms with E-state index in [-0.39, 0.29) is 17.5 Å². The number of piperidine rings is 1. The van der Waals surface area contributed by atoms with Gasteiger partial charge in [0.25, 0.3) is 0 Å². The Hall–Kier alpha value is -1.96.